The average Bonchev–Trinajstić information content (AvgIpc) is 3.05. The van der Waals surface area contributed by atoms with Gasteiger partial charge in [-0.25, -0.2) is 0 Å². The van der Waals surface area contributed by atoms with Gasteiger partial charge in [-0.1, -0.05) is 35.9 Å². The number of H-pyrrole nitrogens is 1. The number of fused-ring (bicyclic) bond motifs is 3. The molecule has 2 aromatic carbocycles. The molecule has 0 saturated carbocycles. The Morgan fingerprint density at radius 1 is 1.21 bits per heavy atom. The first kappa shape index (κ1) is 14.8. The number of benzene rings is 2. The number of aromatic amines is 1. The molecule has 1 aliphatic heterocycles. The van der Waals surface area contributed by atoms with Crippen LogP contribution in [0.2, 0.25) is 5.02 Å². The van der Waals surface area contributed by atoms with Crippen LogP contribution >= 0.6 is 11.6 Å². The fraction of sp³-hybridized carbons (Fsp3) is 0.111. The summed E-state index contributed by atoms with van der Waals surface area (Å²) < 4.78 is 5.72. The number of hydrogen-bond donors (Lipinski definition) is 2. The number of nitrogens with zero attached hydrogens (tertiary/aromatic N) is 1. The molecule has 120 valence electrons. The van der Waals surface area contributed by atoms with Crippen LogP contribution in [0.5, 0.6) is 5.75 Å². The van der Waals surface area contributed by atoms with Gasteiger partial charge in [-0.3, -0.25) is 9.89 Å². The number of para-hydroxylation sites is 1. The molecule has 3 aromatic rings. The number of nitrogens with one attached hydrogen (secondary N) is 2. The van der Waals surface area contributed by atoms with E-state index in [9.17, 15) is 4.79 Å². The molecule has 24 heavy (non-hydrogen) atoms. The van der Waals surface area contributed by atoms with E-state index in [4.69, 9.17) is 16.3 Å². The van der Waals surface area contributed by atoms with Crippen molar-refractivity contribution in [3.63, 3.8) is 0 Å². The molecule has 0 aliphatic carbocycles. The lowest BCUT2D eigenvalue weighted by Gasteiger charge is -2.17. The molecule has 0 unspecified atom stereocenters. The van der Waals surface area contributed by atoms with Crippen molar-refractivity contribution in [1.29, 1.82) is 0 Å². The summed E-state index contributed by atoms with van der Waals surface area (Å²) in [6.45, 7) is 0.744. The summed E-state index contributed by atoms with van der Waals surface area (Å²) in [6, 6.07) is 15.0. The third kappa shape index (κ3) is 2.63. The number of halogens is 1. The van der Waals surface area contributed by atoms with Crippen LogP contribution in [0, 0.1) is 0 Å². The molecule has 6 heteroatoms. The number of aromatic nitrogens is 2. The van der Waals surface area contributed by atoms with Crippen LogP contribution in [0.25, 0.3) is 11.3 Å². The highest BCUT2D eigenvalue weighted by molar-refractivity contribution is 6.30. The number of carbonyl (C=O) groups is 1. The quantitative estimate of drug-likeness (QED) is 0.766. The number of ether oxygens (including phenoxy) is 1. The Kier molecular flexibility index (Phi) is 3.70. The smallest absolute Gasteiger partial charge is 0.270 e. The Morgan fingerprint density at radius 3 is 2.83 bits per heavy atom. The first-order valence-corrected chi connectivity index (χ1v) is 7.92. The fourth-order valence-electron chi connectivity index (χ4n) is 2.73. The molecule has 0 atom stereocenters. The van der Waals surface area contributed by atoms with E-state index in [1.807, 2.05) is 36.4 Å². The van der Waals surface area contributed by atoms with Crippen molar-refractivity contribution in [3.05, 3.63) is 70.4 Å². The molecular formula is C18H14ClN3O2. The Balaban J connectivity index is 1.55. The monoisotopic (exact) mass is 339 g/mol. The first-order chi connectivity index (χ1) is 11.7. The van der Waals surface area contributed by atoms with Crippen LogP contribution in [0.15, 0.2) is 48.5 Å². The van der Waals surface area contributed by atoms with Gasteiger partial charge in [-0.2, -0.15) is 5.10 Å². The summed E-state index contributed by atoms with van der Waals surface area (Å²) in [5.74, 6) is 0.575. The summed E-state index contributed by atoms with van der Waals surface area (Å²) in [4.78, 5) is 12.5. The molecule has 0 saturated heterocycles. The third-order valence-corrected chi connectivity index (χ3v) is 4.23. The minimum atomic E-state index is -0.207. The van der Waals surface area contributed by atoms with E-state index in [1.165, 1.54) is 0 Å². The van der Waals surface area contributed by atoms with Gasteiger partial charge in [0, 0.05) is 22.7 Å². The van der Waals surface area contributed by atoms with Crippen LogP contribution in [-0.2, 0) is 13.2 Å². The van der Waals surface area contributed by atoms with Crippen molar-refractivity contribution in [2.45, 2.75) is 13.2 Å². The summed E-state index contributed by atoms with van der Waals surface area (Å²) in [5, 5.41) is 10.7. The number of rotatable bonds is 3. The molecule has 2 N–H and O–H groups in total. The Hall–Kier alpha value is -2.79. The zero-order valence-electron chi connectivity index (χ0n) is 12.7. The fourth-order valence-corrected chi connectivity index (χ4v) is 2.85. The third-order valence-electron chi connectivity index (χ3n) is 3.97. The molecule has 1 amide bonds. The largest absolute Gasteiger partial charge is 0.488 e. The number of amides is 1. The average molecular weight is 340 g/mol. The molecule has 0 bridgehead atoms. The molecule has 2 heterocycles. The van der Waals surface area contributed by atoms with Crippen molar-refractivity contribution >= 4 is 17.5 Å². The maximum atomic E-state index is 12.5. The van der Waals surface area contributed by atoms with Gasteiger partial charge >= 0.3 is 0 Å². The predicted molar refractivity (Wildman–Crippen MR) is 91.0 cm³/mol. The normalized spacial score (nSPS) is 12.0. The molecule has 0 fully saturated rings. The van der Waals surface area contributed by atoms with Gasteiger partial charge in [-0.05, 0) is 29.8 Å². The maximum Gasteiger partial charge on any atom is 0.270 e. The second-order valence-electron chi connectivity index (χ2n) is 5.52. The molecule has 0 radical (unpaired) electrons. The van der Waals surface area contributed by atoms with Gasteiger partial charge in [0.2, 0.25) is 0 Å². The SMILES string of the molecule is O=C(NCc1ccc(Cl)cc1)c1[nH]nc2c1COc1ccccc1-2. The lowest BCUT2D eigenvalue weighted by molar-refractivity contribution is 0.0943. The highest BCUT2D eigenvalue weighted by atomic mass is 35.5. The Morgan fingerprint density at radius 2 is 2.00 bits per heavy atom. The Labute approximate surface area is 143 Å². The lowest BCUT2D eigenvalue weighted by Crippen LogP contribution is -2.24. The summed E-state index contributed by atoms with van der Waals surface area (Å²) >= 11 is 5.86. The van der Waals surface area contributed by atoms with Crippen molar-refractivity contribution in [1.82, 2.24) is 15.5 Å². The zero-order chi connectivity index (χ0) is 16.5. The first-order valence-electron chi connectivity index (χ1n) is 7.54. The van der Waals surface area contributed by atoms with Crippen molar-refractivity contribution < 1.29 is 9.53 Å². The minimum Gasteiger partial charge on any atom is -0.488 e. The van der Waals surface area contributed by atoms with Gasteiger partial charge < -0.3 is 10.1 Å². The standard InChI is InChI=1S/C18H14ClN3O2/c19-12-7-5-11(6-8-12)9-20-18(23)17-14-10-24-15-4-2-1-3-13(15)16(14)21-22-17/h1-8H,9-10H2,(H,20,23)(H,21,22). The highest BCUT2D eigenvalue weighted by Crippen LogP contribution is 2.36. The van der Waals surface area contributed by atoms with Crippen LogP contribution < -0.4 is 10.1 Å². The maximum absolute atomic E-state index is 12.5. The summed E-state index contributed by atoms with van der Waals surface area (Å²) in [6.07, 6.45) is 0. The van der Waals surface area contributed by atoms with E-state index in [0.29, 0.717) is 23.9 Å². The van der Waals surface area contributed by atoms with E-state index < -0.39 is 0 Å². The second-order valence-corrected chi connectivity index (χ2v) is 5.96. The van der Waals surface area contributed by atoms with Gasteiger partial charge in [0.05, 0.1) is 0 Å². The van der Waals surface area contributed by atoms with E-state index >= 15 is 0 Å². The lowest BCUT2D eigenvalue weighted by atomic mass is 10.0. The van der Waals surface area contributed by atoms with E-state index in [1.54, 1.807) is 12.1 Å². The van der Waals surface area contributed by atoms with E-state index in [2.05, 4.69) is 15.5 Å². The number of hydrogen-bond acceptors (Lipinski definition) is 3. The minimum absolute atomic E-state index is 0.207. The molecule has 0 spiro atoms. The van der Waals surface area contributed by atoms with Crippen LogP contribution in [0.1, 0.15) is 21.6 Å². The molecule has 4 rings (SSSR count). The van der Waals surface area contributed by atoms with Gasteiger partial charge in [0.15, 0.2) is 0 Å². The van der Waals surface area contributed by atoms with E-state index in [-0.39, 0.29) is 5.91 Å². The van der Waals surface area contributed by atoms with Crippen LogP contribution in [0.4, 0.5) is 0 Å². The van der Waals surface area contributed by atoms with Crippen molar-refractivity contribution in [3.8, 4) is 17.0 Å². The van der Waals surface area contributed by atoms with Gasteiger partial charge in [0.1, 0.15) is 23.7 Å². The molecular weight excluding hydrogens is 326 g/mol. The van der Waals surface area contributed by atoms with Gasteiger partial charge in [-0.15, -0.1) is 0 Å². The Bertz CT molecular complexity index is 903. The van der Waals surface area contributed by atoms with Crippen molar-refractivity contribution in [2.75, 3.05) is 0 Å². The zero-order valence-corrected chi connectivity index (χ0v) is 13.4. The summed E-state index contributed by atoms with van der Waals surface area (Å²) in [5.41, 5.74) is 3.86. The topological polar surface area (TPSA) is 67.0 Å². The van der Waals surface area contributed by atoms with E-state index in [0.717, 1.165) is 28.1 Å². The second kappa shape index (κ2) is 6.02. The predicted octanol–water partition coefficient (Wildman–Crippen LogP) is 3.55. The highest BCUT2D eigenvalue weighted by Gasteiger charge is 2.25. The van der Waals surface area contributed by atoms with Crippen molar-refractivity contribution in [2.24, 2.45) is 0 Å². The molecule has 1 aliphatic rings. The van der Waals surface area contributed by atoms with Crippen LogP contribution in [0.3, 0.4) is 0 Å². The van der Waals surface area contributed by atoms with Gasteiger partial charge in [0.25, 0.3) is 5.91 Å². The molecule has 1 aromatic heterocycles. The number of carbonyl (C=O) groups excluding carboxylic acids is 1. The van der Waals surface area contributed by atoms with Crippen LogP contribution in [-0.4, -0.2) is 16.1 Å². The summed E-state index contributed by atoms with van der Waals surface area (Å²) in [7, 11) is 0. The molecule has 5 nitrogen and oxygen atoms in total.